The van der Waals surface area contributed by atoms with Crippen molar-refractivity contribution >= 4 is 22.8 Å². The van der Waals surface area contributed by atoms with Gasteiger partial charge in [0.2, 0.25) is 11.7 Å². The number of rotatable bonds is 8. The molecule has 0 fully saturated rings. The Morgan fingerprint density at radius 1 is 1.00 bits per heavy atom. The second-order valence-electron chi connectivity index (χ2n) is 7.73. The summed E-state index contributed by atoms with van der Waals surface area (Å²) in [5.74, 6) is 1.39. The maximum Gasteiger partial charge on any atom is 0.278 e. The number of benzene rings is 2. The Balaban J connectivity index is 1.52. The van der Waals surface area contributed by atoms with Crippen LogP contribution in [0, 0.1) is 0 Å². The molecule has 0 amide bonds. The van der Waals surface area contributed by atoms with Crippen LogP contribution in [-0.2, 0) is 24.1 Å². The molecule has 3 aromatic heterocycles. The standard InChI is InChI=1S/C25H23N5O3S/c1-29-15-19(17-9-5-3-6-10-17)21-22(29)24(31)30(13-14-32-2)25(27-21)34-16-20-26-23(28-33-20)18-11-7-4-8-12-18/h3-12,15H,13-14,16H2,1-2H3. The molecule has 0 aliphatic heterocycles. The first-order valence-corrected chi connectivity index (χ1v) is 11.8. The van der Waals surface area contributed by atoms with Gasteiger partial charge in [-0.3, -0.25) is 9.36 Å². The second-order valence-corrected chi connectivity index (χ2v) is 8.67. The van der Waals surface area contributed by atoms with Crippen LogP contribution in [-0.4, -0.2) is 38.0 Å². The minimum absolute atomic E-state index is 0.107. The summed E-state index contributed by atoms with van der Waals surface area (Å²) in [6.07, 6.45) is 1.95. The van der Waals surface area contributed by atoms with Gasteiger partial charge in [-0.2, -0.15) is 4.98 Å². The lowest BCUT2D eigenvalue weighted by Crippen LogP contribution is -2.26. The Hall–Kier alpha value is -3.69. The van der Waals surface area contributed by atoms with Crippen molar-refractivity contribution in [3.63, 3.8) is 0 Å². The van der Waals surface area contributed by atoms with Crippen molar-refractivity contribution in [2.24, 2.45) is 7.05 Å². The van der Waals surface area contributed by atoms with Gasteiger partial charge in [-0.1, -0.05) is 77.6 Å². The summed E-state index contributed by atoms with van der Waals surface area (Å²) in [4.78, 5) is 22.9. The Bertz CT molecular complexity index is 1480. The zero-order valence-electron chi connectivity index (χ0n) is 18.8. The molecule has 0 aliphatic carbocycles. The SMILES string of the molecule is COCCn1c(SCc2nc(-c3ccccc3)no2)nc2c(-c3ccccc3)cn(C)c2c1=O. The van der Waals surface area contributed by atoms with E-state index in [1.807, 2.05) is 78.5 Å². The average molecular weight is 474 g/mol. The fourth-order valence-electron chi connectivity index (χ4n) is 3.81. The molecule has 9 heteroatoms. The van der Waals surface area contributed by atoms with Crippen LogP contribution in [0.25, 0.3) is 33.5 Å². The van der Waals surface area contributed by atoms with E-state index in [1.165, 1.54) is 11.8 Å². The van der Waals surface area contributed by atoms with Gasteiger partial charge < -0.3 is 13.8 Å². The fraction of sp³-hybridized carbons (Fsp3) is 0.200. The second kappa shape index (κ2) is 9.66. The predicted octanol–water partition coefficient (Wildman–Crippen LogP) is 4.39. The zero-order chi connectivity index (χ0) is 23.5. The van der Waals surface area contributed by atoms with E-state index in [0.29, 0.717) is 46.8 Å². The van der Waals surface area contributed by atoms with Gasteiger partial charge in [0.1, 0.15) is 11.0 Å². The fourth-order valence-corrected chi connectivity index (χ4v) is 4.67. The Morgan fingerprint density at radius 2 is 1.71 bits per heavy atom. The van der Waals surface area contributed by atoms with Gasteiger partial charge in [-0.25, -0.2) is 4.98 Å². The normalized spacial score (nSPS) is 11.4. The molecule has 0 saturated carbocycles. The van der Waals surface area contributed by atoms with Crippen LogP contribution >= 0.6 is 11.8 Å². The van der Waals surface area contributed by atoms with Gasteiger partial charge in [0, 0.05) is 31.5 Å². The van der Waals surface area contributed by atoms with Crippen molar-refractivity contribution < 1.29 is 9.26 Å². The molecule has 2 aromatic carbocycles. The molecule has 172 valence electrons. The highest BCUT2D eigenvalue weighted by Gasteiger charge is 2.19. The summed E-state index contributed by atoms with van der Waals surface area (Å²) in [6.45, 7) is 0.793. The summed E-state index contributed by atoms with van der Waals surface area (Å²) < 4.78 is 14.2. The van der Waals surface area contributed by atoms with E-state index in [9.17, 15) is 4.79 Å². The molecule has 0 saturated heterocycles. The van der Waals surface area contributed by atoms with Crippen molar-refractivity contribution in [1.29, 1.82) is 0 Å². The van der Waals surface area contributed by atoms with Crippen LogP contribution in [0.2, 0.25) is 0 Å². The molecule has 5 aromatic rings. The Kier molecular flexibility index (Phi) is 6.29. The number of hydrogen-bond acceptors (Lipinski definition) is 7. The number of ether oxygens (including phenoxy) is 1. The average Bonchev–Trinajstić information content (AvgIpc) is 3.48. The number of methoxy groups -OCH3 is 1. The van der Waals surface area contributed by atoms with E-state index in [1.54, 1.807) is 11.7 Å². The van der Waals surface area contributed by atoms with Gasteiger partial charge >= 0.3 is 0 Å². The molecule has 0 radical (unpaired) electrons. The number of aryl methyl sites for hydroxylation is 1. The van der Waals surface area contributed by atoms with Crippen LogP contribution in [0.15, 0.2) is 81.3 Å². The molecule has 34 heavy (non-hydrogen) atoms. The lowest BCUT2D eigenvalue weighted by atomic mass is 10.1. The summed E-state index contributed by atoms with van der Waals surface area (Å²) >= 11 is 1.39. The number of fused-ring (bicyclic) bond motifs is 1. The number of aromatic nitrogens is 5. The highest BCUT2D eigenvalue weighted by atomic mass is 32.2. The maximum atomic E-state index is 13.5. The molecule has 0 atom stereocenters. The third kappa shape index (κ3) is 4.27. The molecular formula is C25H23N5O3S. The quantitative estimate of drug-likeness (QED) is 0.244. The summed E-state index contributed by atoms with van der Waals surface area (Å²) in [6, 6.07) is 19.6. The highest BCUT2D eigenvalue weighted by Crippen LogP contribution is 2.30. The summed E-state index contributed by atoms with van der Waals surface area (Å²) in [5.41, 5.74) is 3.93. The lowest BCUT2D eigenvalue weighted by Gasteiger charge is -2.12. The van der Waals surface area contributed by atoms with E-state index < -0.39 is 0 Å². The molecule has 0 unspecified atom stereocenters. The zero-order valence-corrected chi connectivity index (χ0v) is 19.7. The molecule has 0 aliphatic rings. The van der Waals surface area contributed by atoms with E-state index in [2.05, 4.69) is 10.1 Å². The minimum atomic E-state index is -0.107. The van der Waals surface area contributed by atoms with Crippen LogP contribution in [0.1, 0.15) is 5.89 Å². The van der Waals surface area contributed by atoms with Gasteiger partial charge in [-0.05, 0) is 5.56 Å². The number of hydrogen-bond donors (Lipinski definition) is 0. The van der Waals surface area contributed by atoms with Crippen LogP contribution in [0.4, 0.5) is 0 Å². The summed E-state index contributed by atoms with van der Waals surface area (Å²) in [7, 11) is 3.48. The Morgan fingerprint density at radius 3 is 2.41 bits per heavy atom. The van der Waals surface area contributed by atoms with Crippen LogP contribution in [0.3, 0.4) is 0 Å². The largest absolute Gasteiger partial charge is 0.383 e. The van der Waals surface area contributed by atoms with Gasteiger partial charge in [0.05, 0.1) is 18.9 Å². The topological polar surface area (TPSA) is 88.0 Å². The van der Waals surface area contributed by atoms with Crippen molar-refractivity contribution in [3.05, 3.63) is 83.1 Å². The molecule has 3 heterocycles. The number of nitrogens with zero attached hydrogens (tertiary/aromatic N) is 5. The van der Waals surface area contributed by atoms with Crippen molar-refractivity contribution in [2.75, 3.05) is 13.7 Å². The third-order valence-electron chi connectivity index (χ3n) is 5.47. The first-order valence-electron chi connectivity index (χ1n) is 10.8. The van der Waals surface area contributed by atoms with Crippen molar-refractivity contribution in [2.45, 2.75) is 17.5 Å². The third-order valence-corrected chi connectivity index (χ3v) is 6.43. The van der Waals surface area contributed by atoms with Crippen LogP contribution in [0.5, 0.6) is 0 Å². The minimum Gasteiger partial charge on any atom is -0.383 e. The van der Waals surface area contributed by atoms with Crippen molar-refractivity contribution in [1.82, 2.24) is 24.3 Å². The smallest absolute Gasteiger partial charge is 0.278 e. The van der Waals surface area contributed by atoms with E-state index in [0.717, 1.165) is 16.7 Å². The predicted molar refractivity (Wildman–Crippen MR) is 132 cm³/mol. The van der Waals surface area contributed by atoms with E-state index in [-0.39, 0.29) is 5.56 Å². The van der Waals surface area contributed by atoms with Crippen molar-refractivity contribution in [3.8, 4) is 22.5 Å². The molecule has 0 N–H and O–H groups in total. The molecule has 8 nitrogen and oxygen atoms in total. The number of thioether (sulfide) groups is 1. The van der Waals surface area contributed by atoms with Gasteiger partial charge in [0.25, 0.3) is 5.56 Å². The molecule has 0 bridgehead atoms. The van der Waals surface area contributed by atoms with E-state index in [4.69, 9.17) is 14.2 Å². The Labute approximate surface area is 200 Å². The highest BCUT2D eigenvalue weighted by molar-refractivity contribution is 7.98. The van der Waals surface area contributed by atoms with E-state index >= 15 is 0 Å². The summed E-state index contributed by atoms with van der Waals surface area (Å²) in [5, 5.41) is 4.66. The molecule has 5 rings (SSSR count). The van der Waals surface area contributed by atoms with Gasteiger partial charge in [-0.15, -0.1) is 0 Å². The van der Waals surface area contributed by atoms with Gasteiger partial charge in [0.15, 0.2) is 5.16 Å². The monoisotopic (exact) mass is 473 g/mol. The molecule has 0 spiro atoms. The molecular weight excluding hydrogens is 450 g/mol. The first kappa shape index (κ1) is 22.1. The lowest BCUT2D eigenvalue weighted by molar-refractivity contribution is 0.183. The first-order chi connectivity index (χ1) is 16.7. The maximum absolute atomic E-state index is 13.5. The van der Waals surface area contributed by atoms with Crippen LogP contribution < -0.4 is 5.56 Å².